The second-order valence-corrected chi connectivity index (χ2v) is 4.60. The van der Waals surface area contributed by atoms with Crippen molar-refractivity contribution in [2.24, 2.45) is 5.73 Å². The summed E-state index contributed by atoms with van der Waals surface area (Å²) in [6.45, 7) is 2.76. The van der Waals surface area contributed by atoms with E-state index in [0.717, 1.165) is 17.7 Å². The maximum atomic E-state index is 5.46. The summed E-state index contributed by atoms with van der Waals surface area (Å²) in [5.41, 5.74) is 8.69. The van der Waals surface area contributed by atoms with Gasteiger partial charge >= 0.3 is 0 Å². The molecule has 1 aromatic carbocycles. The first-order chi connectivity index (χ1) is 9.33. The summed E-state index contributed by atoms with van der Waals surface area (Å²) < 4.78 is 0. The molecule has 0 fully saturated rings. The minimum absolute atomic E-state index is 0.549. The number of nitrogens with two attached hydrogens (primary N) is 1. The molecule has 100 valence electrons. The quantitative estimate of drug-likeness (QED) is 0.861. The van der Waals surface area contributed by atoms with Crippen molar-refractivity contribution in [3.8, 4) is 11.3 Å². The molecule has 0 spiro atoms. The molecule has 0 radical (unpaired) electrons. The number of hydrogen-bond donors (Lipinski definition) is 1. The van der Waals surface area contributed by atoms with Crippen LogP contribution < -0.4 is 5.73 Å². The SMILES string of the molecule is CCCCc1ccc(-c2cnc(CCN)nn2)cc1. The lowest BCUT2D eigenvalue weighted by Gasteiger charge is -2.03. The van der Waals surface area contributed by atoms with Gasteiger partial charge in [0, 0.05) is 12.0 Å². The Morgan fingerprint density at radius 2 is 1.84 bits per heavy atom. The van der Waals surface area contributed by atoms with Gasteiger partial charge in [0.05, 0.1) is 6.20 Å². The topological polar surface area (TPSA) is 64.7 Å². The first-order valence-corrected chi connectivity index (χ1v) is 6.81. The molecular weight excluding hydrogens is 236 g/mol. The summed E-state index contributed by atoms with van der Waals surface area (Å²) in [5, 5.41) is 8.27. The number of nitrogens with zero attached hydrogens (tertiary/aromatic N) is 3. The van der Waals surface area contributed by atoms with Crippen LogP contribution in [-0.4, -0.2) is 21.7 Å². The Hall–Kier alpha value is -1.81. The Morgan fingerprint density at radius 3 is 2.42 bits per heavy atom. The van der Waals surface area contributed by atoms with Crippen LogP contribution in [0.15, 0.2) is 30.5 Å². The molecule has 0 atom stereocenters. The molecule has 0 bridgehead atoms. The van der Waals surface area contributed by atoms with Gasteiger partial charge in [-0.2, -0.15) is 0 Å². The Kier molecular flexibility index (Phi) is 4.98. The summed E-state index contributed by atoms with van der Waals surface area (Å²) in [4.78, 5) is 4.26. The van der Waals surface area contributed by atoms with Crippen LogP contribution in [0.5, 0.6) is 0 Å². The second kappa shape index (κ2) is 6.95. The molecule has 0 unspecified atom stereocenters. The molecule has 0 amide bonds. The van der Waals surface area contributed by atoms with Gasteiger partial charge in [0.2, 0.25) is 0 Å². The fourth-order valence-electron chi connectivity index (χ4n) is 1.90. The van der Waals surface area contributed by atoms with Crippen LogP contribution >= 0.6 is 0 Å². The summed E-state index contributed by atoms with van der Waals surface area (Å²) in [6.07, 6.45) is 6.02. The van der Waals surface area contributed by atoms with E-state index in [2.05, 4.69) is 46.4 Å². The van der Waals surface area contributed by atoms with Gasteiger partial charge in [-0.1, -0.05) is 37.6 Å². The molecule has 4 heteroatoms. The second-order valence-electron chi connectivity index (χ2n) is 4.60. The maximum Gasteiger partial charge on any atom is 0.152 e. The monoisotopic (exact) mass is 256 g/mol. The summed E-state index contributed by atoms with van der Waals surface area (Å²) in [5.74, 6) is 0.700. The smallest absolute Gasteiger partial charge is 0.152 e. The predicted molar refractivity (Wildman–Crippen MR) is 76.6 cm³/mol. The van der Waals surface area contributed by atoms with Crippen molar-refractivity contribution in [3.05, 3.63) is 41.9 Å². The highest BCUT2D eigenvalue weighted by Gasteiger charge is 2.02. The molecule has 0 aliphatic heterocycles. The largest absolute Gasteiger partial charge is 0.330 e. The van der Waals surface area contributed by atoms with Crippen molar-refractivity contribution < 1.29 is 0 Å². The normalized spacial score (nSPS) is 10.6. The van der Waals surface area contributed by atoms with Crippen molar-refractivity contribution in [3.63, 3.8) is 0 Å². The number of benzene rings is 1. The average molecular weight is 256 g/mol. The number of aryl methyl sites for hydroxylation is 1. The number of aromatic nitrogens is 3. The fraction of sp³-hybridized carbons (Fsp3) is 0.400. The van der Waals surface area contributed by atoms with Gasteiger partial charge in [0.15, 0.2) is 5.82 Å². The Bertz CT molecular complexity index is 491. The molecular formula is C15H20N4. The minimum Gasteiger partial charge on any atom is -0.330 e. The van der Waals surface area contributed by atoms with E-state index in [4.69, 9.17) is 5.73 Å². The third-order valence-electron chi connectivity index (χ3n) is 3.05. The summed E-state index contributed by atoms with van der Waals surface area (Å²) >= 11 is 0. The van der Waals surface area contributed by atoms with Crippen LogP contribution in [0.3, 0.4) is 0 Å². The van der Waals surface area contributed by atoms with Crippen LogP contribution in [0.4, 0.5) is 0 Å². The van der Waals surface area contributed by atoms with E-state index in [1.54, 1.807) is 6.20 Å². The third kappa shape index (κ3) is 3.83. The van der Waals surface area contributed by atoms with Gasteiger partial charge in [-0.15, -0.1) is 10.2 Å². The van der Waals surface area contributed by atoms with Crippen molar-refractivity contribution in [1.29, 1.82) is 0 Å². The lowest BCUT2D eigenvalue weighted by molar-refractivity contribution is 0.795. The van der Waals surface area contributed by atoms with Crippen molar-refractivity contribution in [2.45, 2.75) is 32.6 Å². The minimum atomic E-state index is 0.549. The highest BCUT2D eigenvalue weighted by Crippen LogP contribution is 2.17. The van der Waals surface area contributed by atoms with Gasteiger partial charge in [0.1, 0.15) is 5.69 Å². The Morgan fingerprint density at radius 1 is 1.05 bits per heavy atom. The van der Waals surface area contributed by atoms with Gasteiger partial charge < -0.3 is 5.73 Å². The first-order valence-electron chi connectivity index (χ1n) is 6.81. The van der Waals surface area contributed by atoms with E-state index in [1.165, 1.54) is 18.4 Å². The first kappa shape index (κ1) is 13.6. The van der Waals surface area contributed by atoms with Gasteiger partial charge in [-0.25, -0.2) is 4.98 Å². The zero-order valence-electron chi connectivity index (χ0n) is 11.3. The molecule has 2 aromatic rings. The molecule has 0 saturated carbocycles. The van der Waals surface area contributed by atoms with E-state index in [1.807, 2.05) is 0 Å². The highest BCUT2D eigenvalue weighted by atomic mass is 15.2. The van der Waals surface area contributed by atoms with Gasteiger partial charge in [-0.3, -0.25) is 0 Å². The van der Waals surface area contributed by atoms with Crippen LogP contribution in [0.25, 0.3) is 11.3 Å². The average Bonchev–Trinajstić information content (AvgIpc) is 2.47. The fourth-order valence-corrected chi connectivity index (χ4v) is 1.90. The zero-order chi connectivity index (χ0) is 13.5. The molecule has 0 aliphatic rings. The van der Waals surface area contributed by atoms with Crippen LogP contribution in [-0.2, 0) is 12.8 Å². The van der Waals surface area contributed by atoms with Crippen LogP contribution in [0.2, 0.25) is 0 Å². The molecule has 1 heterocycles. The number of rotatable bonds is 6. The highest BCUT2D eigenvalue weighted by molar-refractivity contribution is 5.57. The number of hydrogen-bond acceptors (Lipinski definition) is 4. The summed E-state index contributed by atoms with van der Waals surface area (Å²) in [7, 11) is 0. The van der Waals surface area contributed by atoms with Crippen molar-refractivity contribution in [2.75, 3.05) is 6.54 Å². The molecule has 4 nitrogen and oxygen atoms in total. The van der Waals surface area contributed by atoms with E-state index in [-0.39, 0.29) is 0 Å². The van der Waals surface area contributed by atoms with Crippen LogP contribution in [0, 0.1) is 0 Å². The molecule has 1 aromatic heterocycles. The maximum absolute atomic E-state index is 5.46. The van der Waals surface area contributed by atoms with Crippen molar-refractivity contribution in [1.82, 2.24) is 15.2 Å². The molecule has 0 saturated heterocycles. The Labute approximate surface area is 114 Å². The zero-order valence-corrected chi connectivity index (χ0v) is 11.3. The predicted octanol–water partition coefficient (Wildman–Crippen LogP) is 2.38. The van der Waals surface area contributed by atoms with Gasteiger partial charge in [0.25, 0.3) is 0 Å². The molecule has 19 heavy (non-hydrogen) atoms. The molecule has 2 N–H and O–H groups in total. The van der Waals surface area contributed by atoms with Gasteiger partial charge in [-0.05, 0) is 24.9 Å². The van der Waals surface area contributed by atoms with E-state index in [0.29, 0.717) is 18.8 Å². The van der Waals surface area contributed by atoms with E-state index >= 15 is 0 Å². The number of unbranched alkanes of at least 4 members (excludes halogenated alkanes) is 1. The molecule has 2 rings (SSSR count). The van der Waals surface area contributed by atoms with E-state index < -0.39 is 0 Å². The standard InChI is InChI=1S/C15H20N4/c1-2-3-4-12-5-7-13(8-6-12)14-11-17-15(9-10-16)19-18-14/h5-8,11H,2-4,9-10,16H2,1H3. The van der Waals surface area contributed by atoms with Crippen LogP contribution in [0.1, 0.15) is 31.2 Å². The Balaban J connectivity index is 2.08. The van der Waals surface area contributed by atoms with E-state index in [9.17, 15) is 0 Å². The molecule has 0 aliphatic carbocycles. The lowest BCUT2D eigenvalue weighted by atomic mass is 10.1. The lowest BCUT2D eigenvalue weighted by Crippen LogP contribution is -2.07. The van der Waals surface area contributed by atoms with Crippen molar-refractivity contribution >= 4 is 0 Å². The third-order valence-corrected chi connectivity index (χ3v) is 3.05. The summed E-state index contributed by atoms with van der Waals surface area (Å²) in [6, 6.07) is 8.47.